The smallest absolute Gasteiger partial charge is 0.326 e. The number of carbonyl (C=O) groups is 2. The van der Waals surface area contributed by atoms with Gasteiger partial charge in [-0.15, -0.1) is 0 Å². The lowest BCUT2D eigenvalue weighted by Crippen LogP contribution is -2.44. The van der Waals surface area contributed by atoms with E-state index in [-0.39, 0.29) is 11.5 Å². The van der Waals surface area contributed by atoms with Gasteiger partial charge in [-0.2, -0.15) is 0 Å². The SMILES string of the molecule is CC(C)(C)[Si](C)(C)OCC[C@H](NC(=O)c1cc(Br)cc(Br)c1)C(=O)O. The minimum atomic E-state index is -1.94. The van der Waals surface area contributed by atoms with Crippen LogP contribution in [0.4, 0.5) is 0 Å². The first kappa shape index (κ1) is 22.3. The van der Waals surface area contributed by atoms with Crippen molar-refractivity contribution in [2.45, 2.75) is 51.4 Å². The van der Waals surface area contributed by atoms with Gasteiger partial charge in [0, 0.05) is 27.5 Å². The molecule has 25 heavy (non-hydrogen) atoms. The average Bonchev–Trinajstić information content (AvgIpc) is 2.43. The van der Waals surface area contributed by atoms with E-state index < -0.39 is 26.2 Å². The van der Waals surface area contributed by atoms with Crippen molar-refractivity contribution in [3.8, 4) is 0 Å². The minimum Gasteiger partial charge on any atom is -0.480 e. The van der Waals surface area contributed by atoms with E-state index in [2.05, 4.69) is 71.0 Å². The van der Waals surface area contributed by atoms with Crippen LogP contribution in [0.3, 0.4) is 0 Å². The summed E-state index contributed by atoms with van der Waals surface area (Å²) in [6.07, 6.45) is 0.225. The summed E-state index contributed by atoms with van der Waals surface area (Å²) in [6.45, 7) is 10.9. The summed E-state index contributed by atoms with van der Waals surface area (Å²) < 4.78 is 7.48. The second-order valence-corrected chi connectivity index (χ2v) is 14.1. The fraction of sp³-hybridized carbons (Fsp3) is 0.529. The lowest BCUT2D eigenvalue weighted by Gasteiger charge is -2.36. The van der Waals surface area contributed by atoms with Crippen LogP contribution in [0.15, 0.2) is 27.1 Å². The molecule has 0 saturated carbocycles. The Labute approximate surface area is 166 Å². The highest BCUT2D eigenvalue weighted by atomic mass is 79.9. The van der Waals surface area contributed by atoms with Crippen LogP contribution in [0.25, 0.3) is 0 Å². The molecule has 0 aliphatic rings. The number of amides is 1. The van der Waals surface area contributed by atoms with E-state index in [9.17, 15) is 14.7 Å². The summed E-state index contributed by atoms with van der Waals surface area (Å²) in [5.74, 6) is -1.50. The number of benzene rings is 1. The van der Waals surface area contributed by atoms with Crippen LogP contribution in [0.5, 0.6) is 0 Å². The highest BCUT2D eigenvalue weighted by molar-refractivity contribution is 9.11. The number of carboxylic acid groups (broad SMARTS) is 1. The van der Waals surface area contributed by atoms with Gasteiger partial charge in [-0.1, -0.05) is 52.6 Å². The molecule has 5 nitrogen and oxygen atoms in total. The van der Waals surface area contributed by atoms with E-state index in [4.69, 9.17) is 4.43 Å². The van der Waals surface area contributed by atoms with E-state index in [0.29, 0.717) is 12.2 Å². The normalized spacial score (nSPS) is 13.4. The Hall–Kier alpha value is -0.703. The Morgan fingerprint density at radius 2 is 1.72 bits per heavy atom. The number of halogens is 2. The highest BCUT2D eigenvalue weighted by Crippen LogP contribution is 2.36. The van der Waals surface area contributed by atoms with Gasteiger partial charge in [0.2, 0.25) is 0 Å². The van der Waals surface area contributed by atoms with Gasteiger partial charge < -0.3 is 14.8 Å². The number of aliphatic carboxylic acids is 1. The predicted molar refractivity (Wildman–Crippen MR) is 108 cm³/mol. The third-order valence-corrected chi connectivity index (χ3v) is 9.86. The molecule has 1 rings (SSSR count). The number of carboxylic acids is 1. The van der Waals surface area contributed by atoms with Crippen molar-refractivity contribution in [2.24, 2.45) is 0 Å². The Kier molecular flexibility index (Phi) is 7.86. The van der Waals surface area contributed by atoms with Crippen molar-refractivity contribution in [2.75, 3.05) is 6.61 Å². The zero-order valence-electron chi connectivity index (χ0n) is 15.2. The number of hydrogen-bond donors (Lipinski definition) is 2. The van der Waals surface area contributed by atoms with Crippen molar-refractivity contribution in [1.29, 1.82) is 0 Å². The predicted octanol–water partition coefficient (Wildman–Crippen LogP) is 4.81. The number of carbonyl (C=O) groups excluding carboxylic acids is 1. The van der Waals surface area contributed by atoms with Crippen LogP contribution in [0, 0.1) is 0 Å². The summed E-state index contributed by atoms with van der Waals surface area (Å²) in [5.41, 5.74) is 0.387. The molecule has 0 radical (unpaired) electrons. The molecule has 1 aromatic rings. The Morgan fingerprint density at radius 1 is 1.20 bits per heavy atom. The van der Waals surface area contributed by atoms with E-state index in [1.165, 1.54) is 0 Å². The van der Waals surface area contributed by atoms with Gasteiger partial charge in [0.15, 0.2) is 8.32 Å². The summed E-state index contributed by atoms with van der Waals surface area (Å²) in [5, 5.41) is 12.0. The van der Waals surface area contributed by atoms with Crippen molar-refractivity contribution in [3.63, 3.8) is 0 Å². The van der Waals surface area contributed by atoms with E-state index in [1.54, 1.807) is 18.2 Å². The molecule has 0 fully saturated rings. The molecule has 1 amide bonds. The Morgan fingerprint density at radius 3 is 2.16 bits per heavy atom. The second-order valence-electron chi connectivity index (χ2n) is 7.42. The molecular weight excluding hydrogens is 470 g/mol. The summed E-state index contributed by atoms with van der Waals surface area (Å²) >= 11 is 6.63. The van der Waals surface area contributed by atoms with Crippen LogP contribution < -0.4 is 5.32 Å². The lowest BCUT2D eigenvalue weighted by atomic mass is 10.1. The highest BCUT2D eigenvalue weighted by Gasteiger charge is 2.37. The van der Waals surface area contributed by atoms with E-state index >= 15 is 0 Å². The molecule has 0 saturated heterocycles. The van der Waals surface area contributed by atoms with Crippen molar-refractivity contribution in [3.05, 3.63) is 32.7 Å². The first-order valence-corrected chi connectivity index (χ1v) is 12.5. The molecule has 0 bridgehead atoms. The van der Waals surface area contributed by atoms with Gasteiger partial charge in [-0.25, -0.2) is 4.79 Å². The first-order valence-electron chi connectivity index (χ1n) is 7.97. The molecule has 140 valence electrons. The van der Waals surface area contributed by atoms with Crippen LogP contribution >= 0.6 is 31.9 Å². The van der Waals surface area contributed by atoms with E-state index in [1.807, 2.05) is 0 Å². The molecule has 0 aliphatic heterocycles. The molecule has 1 atom stereocenters. The molecule has 0 spiro atoms. The second kappa shape index (κ2) is 8.79. The molecule has 2 N–H and O–H groups in total. The molecule has 0 unspecified atom stereocenters. The van der Waals surface area contributed by atoms with Crippen molar-refractivity contribution in [1.82, 2.24) is 5.32 Å². The van der Waals surface area contributed by atoms with Gasteiger partial charge in [-0.05, 0) is 36.3 Å². The molecule has 8 heteroatoms. The largest absolute Gasteiger partial charge is 0.480 e. The van der Waals surface area contributed by atoms with Gasteiger partial charge in [-0.3, -0.25) is 4.79 Å². The molecule has 1 aromatic carbocycles. The van der Waals surface area contributed by atoms with Crippen LogP contribution in [0.1, 0.15) is 37.6 Å². The number of rotatable bonds is 7. The molecular formula is C17H25Br2NO4Si. The number of nitrogens with one attached hydrogen (secondary N) is 1. The maximum absolute atomic E-state index is 12.3. The third kappa shape index (κ3) is 6.84. The third-order valence-electron chi connectivity index (χ3n) is 4.40. The quantitative estimate of drug-likeness (QED) is 0.533. The first-order chi connectivity index (χ1) is 11.3. The van der Waals surface area contributed by atoms with E-state index in [0.717, 1.165) is 8.95 Å². The summed E-state index contributed by atoms with van der Waals surface area (Å²) in [4.78, 5) is 23.8. The Bertz CT molecular complexity index is 624. The molecule has 0 heterocycles. The van der Waals surface area contributed by atoms with Gasteiger partial charge in [0.1, 0.15) is 6.04 Å². The topological polar surface area (TPSA) is 75.6 Å². The van der Waals surface area contributed by atoms with Crippen molar-refractivity contribution < 1.29 is 19.1 Å². The summed E-state index contributed by atoms with van der Waals surface area (Å²) in [7, 11) is -1.94. The fourth-order valence-electron chi connectivity index (χ4n) is 1.83. The van der Waals surface area contributed by atoms with Crippen LogP contribution in [-0.2, 0) is 9.22 Å². The van der Waals surface area contributed by atoms with Crippen LogP contribution in [-0.4, -0.2) is 37.9 Å². The summed E-state index contributed by atoms with van der Waals surface area (Å²) in [6, 6.07) is 4.10. The zero-order chi connectivity index (χ0) is 19.4. The molecule has 0 aliphatic carbocycles. The molecule has 0 aromatic heterocycles. The average molecular weight is 495 g/mol. The monoisotopic (exact) mass is 493 g/mol. The lowest BCUT2D eigenvalue weighted by molar-refractivity contribution is -0.139. The van der Waals surface area contributed by atoms with Gasteiger partial charge in [0.05, 0.1) is 0 Å². The zero-order valence-corrected chi connectivity index (χ0v) is 19.3. The maximum atomic E-state index is 12.3. The Balaban J connectivity index is 2.72. The standard InChI is InChI=1S/C17H25Br2NO4Si/c1-17(2,3)25(4,5)24-7-6-14(16(22)23)20-15(21)11-8-12(18)10-13(19)9-11/h8-10,14H,6-7H2,1-5H3,(H,20,21)(H,22,23)/t14-/m0/s1. The maximum Gasteiger partial charge on any atom is 0.326 e. The van der Waals surface area contributed by atoms with Gasteiger partial charge in [0.25, 0.3) is 5.91 Å². The van der Waals surface area contributed by atoms with Gasteiger partial charge >= 0.3 is 5.97 Å². The number of hydrogen-bond acceptors (Lipinski definition) is 3. The van der Waals surface area contributed by atoms with Crippen molar-refractivity contribution >= 4 is 52.1 Å². The van der Waals surface area contributed by atoms with Crippen LogP contribution in [0.2, 0.25) is 18.1 Å². The minimum absolute atomic E-state index is 0.0531. The fourth-order valence-corrected chi connectivity index (χ4v) is 4.19.